The maximum atomic E-state index is 13.3. The number of hydrogen-bond donors (Lipinski definition) is 1. The molecule has 120 valence electrons. The van der Waals surface area contributed by atoms with Gasteiger partial charge in [-0.2, -0.15) is 8.78 Å². The van der Waals surface area contributed by atoms with Crippen molar-refractivity contribution in [2.45, 2.75) is 43.8 Å². The highest BCUT2D eigenvalue weighted by Crippen LogP contribution is 2.60. The number of carbonyl (C=O) groups is 1. The Morgan fingerprint density at radius 2 is 1.71 bits per heavy atom. The molecule has 0 aromatic carbocycles. The van der Waals surface area contributed by atoms with Crippen LogP contribution in [0.2, 0.25) is 0 Å². The molecule has 0 heterocycles. The predicted molar refractivity (Wildman–Crippen MR) is 68.9 cm³/mol. The first-order valence-electron chi connectivity index (χ1n) is 7.13. The molecule has 0 aromatic heterocycles. The van der Waals surface area contributed by atoms with Crippen molar-refractivity contribution in [2.75, 3.05) is 6.61 Å². The van der Waals surface area contributed by atoms with Crippen molar-refractivity contribution in [1.29, 1.82) is 0 Å². The molecule has 8 heteroatoms. The van der Waals surface area contributed by atoms with E-state index in [1.807, 2.05) is 0 Å². The fraction of sp³-hybridized carbons (Fsp3) is 0.923. The molecule has 4 fully saturated rings. The third-order valence-electron chi connectivity index (χ3n) is 5.03. The van der Waals surface area contributed by atoms with Gasteiger partial charge in [-0.3, -0.25) is 4.79 Å². The van der Waals surface area contributed by atoms with Crippen molar-refractivity contribution in [3.63, 3.8) is 0 Å². The predicted octanol–water partition coefficient (Wildman–Crippen LogP) is 3.41. The second-order valence-electron chi connectivity index (χ2n) is 6.64. The first kappa shape index (κ1) is 15.5. The van der Waals surface area contributed by atoms with Crippen molar-refractivity contribution >= 4 is 18.0 Å². The fourth-order valence-electron chi connectivity index (χ4n) is 4.75. The van der Waals surface area contributed by atoms with Gasteiger partial charge in [0.05, 0.1) is 5.41 Å². The number of ether oxygens (including phenoxy) is 1. The van der Waals surface area contributed by atoms with Gasteiger partial charge in [0.15, 0.2) is 6.61 Å². The van der Waals surface area contributed by atoms with Gasteiger partial charge < -0.3 is 4.74 Å². The van der Waals surface area contributed by atoms with Crippen LogP contribution in [0.3, 0.4) is 0 Å². The van der Waals surface area contributed by atoms with Crippen LogP contribution in [0.5, 0.6) is 0 Å². The van der Waals surface area contributed by atoms with Gasteiger partial charge in [0.25, 0.3) is 0 Å². The van der Waals surface area contributed by atoms with Crippen molar-refractivity contribution < 1.29 is 32.9 Å². The van der Waals surface area contributed by atoms with Crippen molar-refractivity contribution in [3.05, 3.63) is 0 Å². The summed E-state index contributed by atoms with van der Waals surface area (Å²) in [6.45, 7) is -1.08. The highest BCUT2D eigenvalue weighted by molar-refractivity contribution is 7.95. The maximum absolute atomic E-state index is 13.3. The van der Waals surface area contributed by atoms with Crippen LogP contribution >= 0.6 is 12.0 Å². The molecule has 0 aromatic rings. The standard InChI is InChI=1S/C13H18F2O5S/c14-13(15,21-20-19-17)7-18-11(16)12-4-8-1-9(5-12)3-10(2-8)6-12/h8-10,17H,1-7H2. The first-order chi connectivity index (χ1) is 9.92. The highest BCUT2D eigenvalue weighted by Gasteiger charge is 2.55. The largest absolute Gasteiger partial charge is 0.458 e. The van der Waals surface area contributed by atoms with Crippen LogP contribution in [-0.4, -0.2) is 23.1 Å². The smallest absolute Gasteiger partial charge is 0.354 e. The molecule has 0 aliphatic heterocycles. The Bertz CT molecular complexity index is 382. The van der Waals surface area contributed by atoms with Crippen LogP contribution in [0, 0.1) is 23.2 Å². The van der Waals surface area contributed by atoms with Crippen molar-refractivity contribution in [3.8, 4) is 0 Å². The van der Waals surface area contributed by atoms with E-state index in [-0.39, 0.29) is 12.0 Å². The Balaban J connectivity index is 1.58. The maximum Gasteiger partial charge on any atom is 0.354 e. The van der Waals surface area contributed by atoms with Crippen LogP contribution in [0.1, 0.15) is 38.5 Å². The lowest BCUT2D eigenvalue weighted by atomic mass is 9.49. The molecule has 4 rings (SSSR count). The van der Waals surface area contributed by atoms with Crippen molar-refractivity contribution in [1.82, 2.24) is 0 Å². The van der Waals surface area contributed by atoms with Gasteiger partial charge in [0.2, 0.25) is 0 Å². The summed E-state index contributed by atoms with van der Waals surface area (Å²) in [5, 5.41) is 7.55. The van der Waals surface area contributed by atoms with Gasteiger partial charge in [-0.25, -0.2) is 5.26 Å². The normalized spacial score (nSPS) is 37.8. The van der Waals surface area contributed by atoms with E-state index in [0.717, 1.165) is 19.3 Å². The Labute approximate surface area is 125 Å². The van der Waals surface area contributed by atoms with Crippen LogP contribution in [-0.2, 0) is 18.9 Å². The van der Waals surface area contributed by atoms with Gasteiger partial charge in [0.1, 0.15) is 12.0 Å². The molecule has 4 aliphatic carbocycles. The van der Waals surface area contributed by atoms with E-state index in [1.54, 1.807) is 0 Å². The first-order valence-corrected chi connectivity index (χ1v) is 7.87. The fourth-order valence-corrected chi connectivity index (χ4v) is 4.99. The molecule has 0 unspecified atom stereocenters. The minimum Gasteiger partial charge on any atom is -0.458 e. The quantitative estimate of drug-likeness (QED) is 0.350. The minimum absolute atomic E-state index is 0.385. The molecule has 0 spiro atoms. The number of halogens is 2. The molecule has 1 N–H and O–H groups in total. The van der Waals surface area contributed by atoms with Gasteiger partial charge in [-0.05, 0) is 56.3 Å². The second kappa shape index (κ2) is 5.64. The molecule has 5 nitrogen and oxygen atoms in total. The van der Waals surface area contributed by atoms with E-state index in [1.165, 1.54) is 19.3 Å². The molecule has 21 heavy (non-hydrogen) atoms. The number of carbonyl (C=O) groups excluding carboxylic acids is 1. The summed E-state index contributed by atoms with van der Waals surface area (Å²) in [4.78, 5) is 12.3. The molecule has 0 atom stereocenters. The van der Waals surface area contributed by atoms with E-state index in [2.05, 4.69) is 9.37 Å². The van der Waals surface area contributed by atoms with Crippen LogP contribution in [0.4, 0.5) is 8.78 Å². The zero-order valence-corrected chi connectivity index (χ0v) is 12.2. The summed E-state index contributed by atoms with van der Waals surface area (Å²) in [5.74, 6) is 1.13. The Morgan fingerprint density at radius 3 is 2.19 bits per heavy atom. The summed E-state index contributed by atoms with van der Waals surface area (Å²) in [6, 6.07) is 0. The van der Waals surface area contributed by atoms with Gasteiger partial charge in [0, 0.05) is 0 Å². The highest BCUT2D eigenvalue weighted by atomic mass is 32.2. The topological polar surface area (TPSA) is 65.0 Å². The lowest BCUT2D eigenvalue weighted by Crippen LogP contribution is -2.51. The van der Waals surface area contributed by atoms with E-state index in [4.69, 9.17) is 9.99 Å². The molecule has 0 amide bonds. The van der Waals surface area contributed by atoms with Gasteiger partial charge in [-0.1, -0.05) is 5.04 Å². The van der Waals surface area contributed by atoms with E-state index in [9.17, 15) is 13.6 Å². The third-order valence-corrected chi connectivity index (χ3v) is 5.52. The van der Waals surface area contributed by atoms with Crippen LogP contribution in [0.15, 0.2) is 0 Å². The third kappa shape index (κ3) is 3.18. The molecule has 0 saturated heterocycles. The van der Waals surface area contributed by atoms with Crippen LogP contribution in [0.25, 0.3) is 0 Å². The van der Waals surface area contributed by atoms with Crippen molar-refractivity contribution in [2.24, 2.45) is 23.2 Å². The molecular formula is C13H18F2O5S. The van der Waals surface area contributed by atoms with Gasteiger partial charge >= 0.3 is 11.2 Å². The Morgan fingerprint density at radius 1 is 1.19 bits per heavy atom. The monoisotopic (exact) mass is 324 g/mol. The number of esters is 1. The summed E-state index contributed by atoms with van der Waals surface area (Å²) >= 11 is -0.385. The lowest BCUT2D eigenvalue weighted by Gasteiger charge is -2.55. The van der Waals surface area contributed by atoms with Crippen LogP contribution < -0.4 is 0 Å². The zero-order valence-electron chi connectivity index (χ0n) is 11.4. The number of hydrogen-bond acceptors (Lipinski definition) is 6. The Hall–Kier alpha value is -0.440. The second-order valence-corrected chi connectivity index (χ2v) is 7.54. The minimum atomic E-state index is -3.46. The lowest BCUT2D eigenvalue weighted by molar-refractivity contribution is -0.433. The van der Waals surface area contributed by atoms with E-state index < -0.39 is 23.2 Å². The average molecular weight is 324 g/mol. The Kier molecular flexibility index (Phi) is 4.15. The number of rotatable bonds is 6. The molecule has 4 bridgehead atoms. The number of alkyl halides is 2. The SMILES string of the molecule is O=C(OCC(F)(F)SOOO)C12CC3CC(CC(C3)C1)C2. The summed E-state index contributed by atoms with van der Waals surface area (Å²) in [5.41, 5.74) is -0.552. The van der Waals surface area contributed by atoms with E-state index >= 15 is 0 Å². The summed E-state index contributed by atoms with van der Waals surface area (Å²) < 4.78 is 35.2. The summed E-state index contributed by atoms with van der Waals surface area (Å²) in [6.07, 6.45) is 5.81. The molecule has 4 aliphatic rings. The zero-order chi connectivity index (χ0) is 15.1. The molecule has 0 radical (unpaired) electrons. The molecule has 4 saturated carbocycles. The summed E-state index contributed by atoms with van der Waals surface area (Å²) in [7, 11) is 0. The van der Waals surface area contributed by atoms with E-state index in [0.29, 0.717) is 17.8 Å². The van der Waals surface area contributed by atoms with Gasteiger partial charge in [-0.15, -0.1) is 4.33 Å². The molecular weight excluding hydrogens is 306 g/mol. The average Bonchev–Trinajstić information content (AvgIpc) is 2.41.